The molecule has 1 aromatic heterocycles. The van der Waals surface area contributed by atoms with Crippen molar-refractivity contribution in [1.82, 2.24) is 15.2 Å². The predicted molar refractivity (Wildman–Crippen MR) is 250 cm³/mol. The number of methoxy groups -OCH3 is 1. The largest absolute Gasteiger partial charge is 0.497 e. The Kier molecular flexibility index (Phi) is 15.4. The van der Waals surface area contributed by atoms with E-state index in [-0.39, 0.29) is 40.2 Å². The van der Waals surface area contributed by atoms with Gasteiger partial charge in [-0.05, 0) is 46.5 Å². The molecule has 1 saturated heterocycles. The summed E-state index contributed by atoms with van der Waals surface area (Å²) in [6.45, 7) is 2.25. The molecule has 0 unspecified atom stereocenters. The van der Waals surface area contributed by atoms with E-state index in [1.165, 1.54) is 40.2 Å². The zero-order chi connectivity index (χ0) is 46.9. The summed E-state index contributed by atoms with van der Waals surface area (Å²) in [7, 11) is 1.55. The number of esters is 4. The van der Waals surface area contributed by atoms with Crippen LogP contribution in [0.25, 0.3) is 0 Å². The molecule has 7 rings (SSSR count). The number of thiazole rings is 1. The van der Waals surface area contributed by atoms with E-state index in [0.29, 0.717) is 38.2 Å². The number of anilines is 1. The highest BCUT2D eigenvalue weighted by atomic mass is 127. The number of nitrogens with zero attached hydrogens (tertiary/aromatic N) is 3. The molecule has 20 heteroatoms. The second-order valence-electron chi connectivity index (χ2n) is 14.4. The lowest BCUT2D eigenvalue weighted by molar-refractivity contribution is -0.162. The van der Waals surface area contributed by atoms with Crippen LogP contribution in [0.15, 0.2) is 125 Å². The highest BCUT2D eigenvalue weighted by Crippen LogP contribution is 2.41. The van der Waals surface area contributed by atoms with Gasteiger partial charge in [0, 0.05) is 35.0 Å². The van der Waals surface area contributed by atoms with E-state index in [9.17, 15) is 28.8 Å². The molecule has 2 aliphatic heterocycles. The van der Waals surface area contributed by atoms with Crippen molar-refractivity contribution in [2.75, 3.05) is 23.0 Å². The fourth-order valence-electron chi connectivity index (χ4n) is 6.79. The number of benzene rings is 4. The maximum atomic E-state index is 14.5. The van der Waals surface area contributed by atoms with E-state index in [2.05, 4.69) is 38.0 Å². The van der Waals surface area contributed by atoms with Crippen LogP contribution in [0.5, 0.6) is 17.2 Å². The van der Waals surface area contributed by atoms with Crippen LogP contribution in [0.2, 0.25) is 0 Å². The first-order chi connectivity index (χ1) is 31.8. The standard InChI is InChI=1S/C46H40IN5O12S2/c1-25(53)61-34-19-16-30(20-35(34)62-26(2)54)40(45(58)63-39(28-10-6-4-7-11-28)29-12-8-5-9-13-29)64-51-36(33-24-66-46(48)49-33)41(55)50-37-42(56)52-38(31(21-47)23-65-43(37)52)44(57)60-22-27-14-17-32(59-3)18-15-27/h4-20,24,37,39-40,43H,21-23H2,1-3H3,(H2,48,49)(H,50,55)/b51-36-/t37-,40+,43-/m1/s1. The first-order valence-electron chi connectivity index (χ1n) is 19.9. The smallest absolute Gasteiger partial charge is 0.355 e. The van der Waals surface area contributed by atoms with Gasteiger partial charge in [-0.2, -0.15) is 0 Å². The van der Waals surface area contributed by atoms with Crippen LogP contribution in [0.3, 0.4) is 0 Å². The van der Waals surface area contributed by atoms with Gasteiger partial charge in [0.25, 0.3) is 11.8 Å². The average molecular weight is 1050 g/mol. The Morgan fingerprint density at radius 3 is 2.14 bits per heavy atom. The number of nitrogen functional groups attached to an aromatic ring is 1. The van der Waals surface area contributed by atoms with Gasteiger partial charge in [0.15, 0.2) is 28.4 Å². The number of oxime groups is 1. The van der Waals surface area contributed by atoms with Gasteiger partial charge in [-0.3, -0.25) is 24.1 Å². The fourth-order valence-corrected chi connectivity index (χ4v) is 9.68. The summed E-state index contributed by atoms with van der Waals surface area (Å²) in [6.07, 6.45) is -2.71. The summed E-state index contributed by atoms with van der Waals surface area (Å²) >= 11 is 4.47. The van der Waals surface area contributed by atoms with Gasteiger partial charge in [0.2, 0.25) is 6.10 Å². The quantitative estimate of drug-likeness (QED) is 0.0201. The topological polar surface area (TPSA) is 224 Å². The molecule has 4 aromatic carbocycles. The first kappa shape index (κ1) is 47.2. The number of nitrogens with two attached hydrogens (primary N) is 1. The minimum atomic E-state index is -1.77. The summed E-state index contributed by atoms with van der Waals surface area (Å²) in [5.74, 6) is -3.97. The van der Waals surface area contributed by atoms with E-state index in [1.807, 2.05) is 12.1 Å². The Morgan fingerprint density at radius 2 is 1.55 bits per heavy atom. The third-order valence-electron chi connectivity index (χ3n) is 9.88. The lowest BCUT2D eigenvalue weighted by Gasteiger charge is -2.49. The van der Waals surface area contributed by atoms with Crippen molar-refractivity contribution in [3.8, 4) is 17.2 Å². The Morgan fingerprint density at radius 1 is 0.894 bits per heavy atom. The number of hydrogen-bond donors (Lipinski definition) is 2. The van der Waals surface area contributed by atoms with Gasteiger partial charge in [0.1, 0.15) is 35.2 Å². The number of thioether (sulfide) groups is 1. The second-order valence-corrected chi connectivity index (χ2v) is 17.2. The molecular formula is C46H40IN5O12S2. The highest BCUT2D eigenvalue weighted by molar-refractivity contribution is 14.1. The zero-order valence-corrected chi connectivity index (χ0v) is 39.1. The van der Waals surface area contributed by atoms with Gasteiger partial charge in [-0.25, -0.2) is 14.6 Å². The number of alkyl halides is 1. The average Bonchev–Trinajstić information content (AvgIpc) is 3.76. The first-order valence-corrected chi connectivity index (χ1v) is 23.4. The summed E-state index contributed by atoms with van der Waals surface area (Å²) in [6, 6.07) is 27.7. The lowest BCUT2D eigenvalue weighted by atomic mass is 10.0. The van der Waals surface area contributed by atoms with E-state index in [4.69, 9.17) is 34.3 Å². The summed E-state index contributed by atoms with van der Waals surface area (Å²) in [5.41, 5.74) is 8.25. The molecule has 2 aliphatic rings. The zero-order valence-electron chi connectivity index (χ0n) is 35.3. The minimum absolute atomic E-state index is 0.0148. The molecule has 66 heavy (non-hydrogen) atoms. The van der Waals surface area contributed by atoms with Crippen LogP contribution < -0.4 is 25.3 Å². The van der Waals surface area contributed by atoms with Crippen LogP contribution in [0.1, 0.15) is 54.0 Å². The number of carbonyl (C=O) groups excluding carboxylic acids is 6. The Balaban J connectivity index is 1.18. The summed E-state index contributed by atoms with van der Waals surface area (Å²) < 4.78 is 28.0. The third kappa shape index (κ3) is 11.0. The molecule has 0 radical (unpaired) electrons. The molecule has 0 saturated carbocycles. The van der Waals surface area contributed by atoms with Gasteiger partial charge >= 0.3 is 23.9 Å². The molecule has 3 atom stereocenters. The number of carbonyl (C=O) groups is 6. The van der Waals surface area contributed by atoms with Crippen molar-refractivity contribution in [2.45, 2.75) is 44.1 Å². The maximum absolute atomic E-state index is 14.5. The van der Waals surface area contributed by atoms with Crippen LogP contribution >= 0.6 is 45.7 Å². The van der Waals surface area contributed by atoms with E-state index in [1.54, 1.807) is 79.9 Å². The molecule has 0 spiro atoms. The van der Waals surface area contributed by atoms with E-state index in [0.717, 1.165) is 25.2 Å². The number of ether oxygens (including phenoxy) is 5. The lowest BCUT2D eigenvalue weighted by Crippen LogP contribution is -2.71. The maximum Gasteiger partial charge on any atom is 0.355 e. The van der Waals surface area contributed by atoms with Crippen LogP contribution in [-0.4, -0.2) is 80.0 Å². The molecule has 1 fully saturated rings. The normalized spacial score (nSPS) is 16.0. The SMILES string of the molecule is COc1ccc(COC(=O)C2=C(CI)CS[C@@H]3[C@H](NC(=O)/C(=N\O[C@H](C(=O)OC(c4ccccc4)c4ccccc4)c4ccc(OC(C)=O)c(OC(C)=O)c4)c4csc(N)n4)C(=O)N23)cc1. The van der Waals surface area contributed by atoms with Gasteiger partial charge in [-0.15, -0.1) is 23.1 Å². The Hall–Kier alpha value is -6.78. The number of aromatic nitrogens is 1. The number of amides is 2. The summed E-state index contributed by atoms with van der Waals surface area (Å²) in [4.78, 5) is 91.9. The van der Waals surface area contributed by atoms with Crippen LogP contribution in [0.4, 0.5) is 5.13 Å². The molecule has 3 heterocycles. The number of hydrogen-bond acceptors (Lipinski definition) is 17. The number of β-lactam (4-membered cyclic amide) rings is 1. The molecular weight excluding hydrogens is 1010 g/mol. The van der Waals surface area contributed by atoms with Crippen LogP contribution in [-0.2, 0) is 49.7 Å². The van der Waals surface area contributed by atoms with Gasteiger partial charge in [-0.1, -0.05) is 107 Å². The van der Waals surface area contributed by atoms with Gasteiger partial charge < -0.3 is 39.6 Å². The number of halogens is 1. The van der Waals surface area contributed by atoms with Crippen molar-refractivity contribution in [1.29, 1.82) is 0 Å². The van der Waals surface area contributed by atoms with E-state index >= 15 is 0 Å². The molecule has 5 aromatic rings. The predicted octanol–water partition coefficient (Wildman–Crippen LogP) is 6.21. The van der Waals surface area contributed by atoms with Crippen LogP contribution in [0, 0.1) is 0 Å². The molecule has 3 N–H and O–H groups in total. The van der Waals surface area contributed by atoms with E-state index < -0.39 is 65.0 Å². The Bertz CT molecular complexity index is 2660. The number of nitrogens with one attached hydrogen (secondary N) is 1. The second kappa shape index (κ2) is 21.5. The number of rotatable bonds is 17. The summed E-state index contributed by atoms with van der Waals surface area (Å²) in [5, 5.41) is 7.70. The monoisotopic (exact) mass is 1050 g/mol. The van der Waals surface area contributed by atoms with Crippen molar-refractivity contribution < 1.29 is 57.3 Å². The molecule has 0 bridgehead atoms. The fraction of sp³-hybridized carbons (Fsp3) is 0.217. The van der Waals surface area contributed by atoms with Crippen molar-refractivity contribution in [3.63, 3.8) is 0 Å². The molecule has 2 amide bonds. The highest BCUT2D eigenvalue weighted by Gasteiger charge is 2.54. The van der Waals surface area contributed by atoms with Crippen molar-refractivity contribution in [2.24, 2.45) is 5.16 Å². The van der Waals surface area contributed by atoms with Crippen molar-refractivity contribution >= 4 is 92.2 Å². The van der Waals surface area contributed by atoms with Gasteiger partial charge in [0.05, 0.1) is 7.11 Å². The molecule has 340 valence electrons. The Labute approximate surface area is 399 Å². The number of fused-ring (bicyclic) bond motifs is 1. The third-order valence-corrected chi connectivity index (χ3v) is 12.8. The molecule has 17 nitrogen and oxygen atoms in total. The molecule has 0 aliphatic carbocycles. The minimum Gasteiger partial charge on any atom is -0.497 e. The van der Waals surface area contributed by atoms with Crippen molar-refractivity contribution in [3.05, 3.63) is 148 Å².